The van der Waals surface area contributed by atoms with Gasteiger partial charge in [-0.25, -0.2) is 4.79 Å². The van der Waals surface area contributed by atoms with Gasteiger partial charge in [0.15, 0.2) is 11.5 Å². The zero-order valence-electron chi connectivity index (χ0n) is 14.0. The first-order valence-corrected chi connectivity index (χ1v) is 8.48. The molecule has 0 aromatic heterocycles. The first kappa shape index (κ1) is 15.6. The molecule has 0 aliphatic carbocycles. The maximum absolute atomic E-state index is 12.8. The van der Waals surface area contributed by atoms with Gasteiger partial charge < -0.3 is 19.5 Å². The summed E-state index contributed by atoms with van der Waals surface area (Å²) in [6, 6.07) is 12.8. The van der Waals surface area contributed by atoms with Crippen molar-refractivity contribution in [2.75, 3.05) is 30.0 Å². The molecule has 2 amide bonds. The minimum Gasteiger partial charge on any atom is -0.486 e. The minimum absolute atomic E-state index is 0.0130. The average molecular weight is 340 g/mol. The molecule has 2 aromatic rings. The van der Waals surface area contributed by atoms with E-state index in [0.717, 1.165) is 17.9 Å². The van der Waals surface area contributed by atoms with Crippen molar-refractivity contribution in [3.8, 4) is 17.2 Å². The third-order valence-electron chi connectivity index (χ3n) is 4.33. The first-order valence-electron chi connectivity index (χ1n) is 8.48. The van der Waals surface area contributed by atoms with Crippen molar-refractivity contribution in [2.45, 2.75) is 19.4 Å². The van der Waals surface area contributed by atoms with E-state index in [1.807, 2.05) is 36.4 Å². The maximum Gasteiger partial charge on any atom is 0.326 e. The molecule has 1 N–H and O–H groups in total. The zero-order valence-corrected chi connectivity index (χ0v) is 14.0. The number of nitrogens with one attached hydrogen (secondary N) is 1. The van der Waals surface area contributed by atoms with Crippen LogP contribution in [0.5, 0.6) is 17.2 Å². The lowest BCUT2D eigenvalue weighted by Gasteiger charge is -2.34. The molecule has 2 aliphatic heterocycles. The number of amides is 2. The molecule has 0 unspecified atom stereocenters. The van der Waals surface area contributed by atoms with E-state index >= 15 is 0 Å². The Morgan fingerprint density at radius 1 is 1.12 bits per heavy atom. The molecule has 2 aliphatic rings. The first-order chi connectivity index (χ1) is 12.2. The van der Waals surface area contributed by atoms with Crippen LogP contribution in [0.25, 0.3) is 0 Å². The van der Waals surface area contributed by atoms with E-state index in [1.165, 1.54) is 0 Å². The zero-order chi connectivity index (χ0) is 17.2. The van der Waals surface area contributed by atoms with Crippen LogP contribution in [0.15, 0.2) is 42.5 Å². The number of rotatable bonds is 2. The molecule has 1 atom stereocenters. The normalized spacial score (nSPS) is 18.1. The van der Waals surface area contributed by atoms with Crippen LogP contribution >= 0.6 is 0 Å². The minimum atomic E-state index is -0.189. The molecule has 0 radical (unpaired) electrons. The van der Waals surface area contributed by atoms with Gasteiger partial charge in [-0.2, -0.15) is 0 Å². The van der Waals surface area contributed by atoms with Crippen molar-refractivity contribution in [1.29, 1.82) is 0 Å². The molecule has 25 heavy (non-hydrogen) atoms. The Morgan fingerprint density at radius 2 is 1.92 bits per heavy atom. The second kappa shape index (κ2) is 6.55. The summed E-state index contributed by atoms with van der Waals surface area (Å²) in [5.74, 6) is 2.09. The molecule has 130 valence electrons. The number of ether oxygens (including phenoxy) is 3. The van der Waals surface area contributed by atoms with Crippen LogP contribution in [0.2, 0.25) is 0 Å². The van der Waals surface area contributed by atoms with Crippen molar-refractivity contribution in [3.63, 3.8) is 0 Å². The van der Waals surface area contributed by atoms with Gasteiger partial charge in [0.05, 0.1) is 12.2 Å². The fourth-order valence-corrected chi connectivity index (χ4v) is 3.02. The summed E-state index contributed by atoms with van der Waals surface area (Å²) in [5.41, 5.74) is 1.45. The Labute approximate surface area is 146 Å². The molecule has 0 spiro atoms. The monoisotopic (exact) mass is 340 g/mol. The summed E-state index contributed by atoms with van der Waals surface area (Å²) in [7, 11) is 0. The largest absolute Gasteiger partial charge is 0.486 e. The molecular formula is C19H20N2O4. The highest BCUT2D eigenvalue weighted by atomic mass is 16.6. The van der Waals surface area contributed by atoms with Gasteiger partial charge >= 0.3 is 6.03 Å². The quantitative estimate of drug-likeness (QED) is 0.906. The van der Waals surface area contributed by atoms with Crippen LogP contribution in [0.4, 0.5) is 16.2 Å². The third kappa shape index (κ3) is 3.07. The van der Waals surface area contributed by atoms with Gasteiger partial charge in [0.2, 0.25) is 0 Å². The Bertz CT molecular complexity index is 793. The van der Waals surface area contributed by atoms with E-state index in [0.29, 0.717) is 36.9 Å². The standard InChI is InChI=1S/C19H20N2O4/c1-2-14-12-21(15-5-3-4-6-16(15)25-14)19(22)20-13-7-8-17-18(11-13)24-10-9-23-17/h3-8,11,14H,2,9-10,12H2,1H3,(H,20,22)/t14-/m0/s1. The van der Waals surface area contributed by atoms with Crippen LogP contribution < -0.4 is 24.4 Å². The lowest BCUT2D eigenvalue weighted by atomic mass is 10.1. The summed E-state index contributed by atoms with van der Waals surface area (Å²) in [6.45, 7) is 3.63. The van der Waals surface area contributed by atoms with Crippen LogP contribution in [0.3, 0.4) is 0 Å². The third-order valence-corrected chi connectivity index (χ3v) is 4.33. The molecule has 0 saturated carbocycles. The van der Waals surface area contributed by atoms with E-state index in [1.54, 1.807) is 11.0 Å². The number of hydrogen-bond donors (Lipinski definition) is 1. The second-order valence-electron chi connectivity index (χ2n) is 6.02. The van der Waals surface area contributed by atoms with Crippen LogP contribution in [-0.4, -0.2) is 31.9 Å². The number of fused-ring (bicyclic) bond motifs is 2. The molecular weight excluding hydrogens is 320 g/mol. The van der Waals surface area contributed by atoms with Gasteiger partial charge in [-0.1, -0.05) is 19.1 Å². The van der Waals surface area contributed by atoms with Crippen molar-refractivity contribution < 1.29 is 19.0 Å². The Morgan fingerprint density at radius 3 is 2.76 bits per heavy atom. The fourth-order valence-electron chi connectivity index (χ4n) is 3.02. The highest BCUT2D eigenvalue weighted by Gasteiger charge is 2.29. The fraction of sp³-hybridized carbons (Fsp3) is 0.316. The van der Waals surface area contributed by atoms with E-state index < -0.39 is 0 Å². The Hall–Kier alpha value is -2.89. The topological polar surface area (TPSA) is 60.0 Å². The van der Waals surface area contributed by atoms with Gasteiger partial charge in [-0.3, -0.25) is 4.90 Å². The SMILES string of the molecule is CC[C@H]1CN(C(=O)Nc2ccc3c(c2)OCCO3)c2ccccc2O1. The second-order valence-corrected chi connectivity index (χ2v) is 6.02. The van der Waals surface area contributed by atoms with E-state index in [-0.39, 0.29) is 12.1 Å². The molecule has 0 saturated heterocycles. The average Bonchev–Trinajstić information content (AvgIpc) is 2.67. The number of benzene rings is 2. The van der Waals surface area contributed by atoms with E-state index in [2.05, 4.69) is 12.2 Å². The van der Waals surface area contributed by atoms with E-state index in [4.69, 9.17) is 14.2 Å². The number of nitrogens with zero attached hydrogens (tertiary/aromatic N) is 1. The molecule has 6 heteroatoms. The summed E-state index contributed by atoms with van der Waals surface area (Å²) in [4.78, 5) is 14.6. The van der Waals surface area contributed by atoms with Crippen molar-refractivity contribution >= 4 is 17.4 Å². The summed E-state index contributed by atoms with van der Waals surface area (Å²) >= 11 is 0. The smallest absolute Gasteiger partial charge is 0.326 e. The lowest BCUT2D eigenvalue weighted by molar-refractivity contribution is 0.171. The Kier molecular flexibility index (Phi) is 4.09. The number of carbonyl (C=O) groups is 1. The summed E-state index contributed by atoms with van der Waals surface area (Å²) < 4.78 is 17.0. The number of anilines is 2. The molecule has 6 nitrogen and oxygen atoms in total. The lowest BCUT2D eigenvalue weighted by Crippen LogP contribution is -2.45. The van der Waals surface area contributed by atoms with Crippen molar-refractivity contribution in [2.24, 2.45) is 0 Å². The number of hydrogen-bond acceptors (Lipinski definition) is 4. The van der Waals surface area contributed by atoms with Crippen LogP contribution in [-0.2, 0) is 0 Å². The van der Waals surface area contributed by atoms with Gasteiger partial charge in [0.25, 0.3) is 0 Å². The summed E-state index contributed by atoms with van der Waals surface area (Å²) in [5, 5.41) is 2.94. The van der Waals surface area contributed by atoms with Gasteiger partial charge in [-0.05, 0) is 30.7 Å². The van der Waals surface area contributed by atoms with Gasteiger partial charge in [0, 0.05) is 11.8 Å². The molecule has 4 rings (SSSR count). The molecule has 2 aromatic carbocycles. The molecule has 0 fully saturated rings. The van der Waals surface area contributed by atoms with Crippen LogP contribution in [0, 0.1) is 0 Å². The predicted molar refractivity (Wildman–Crippen MR) is 94.9 cm³/mol. The van der Waals surface area contributed by atoms with E-state index in [9.17, 15) is 4.79 Å². The number of urea groups is 1. The van der Waals surface area contributed by atoms with Gasteiger partial charge in [-0.15, -0.1) is 0 Å². The van der Waals surface area contributed by atoms with Crippen LogP contribution in [0.1, 0.15) is 13.3 Å². The predicted octanol–water partition coefficient (Wildman–Crippen LogP) is 3.67. The maximum atomic E-state index is 12.8. The molecule has 2 heterocycles. The highest BCUT2D eigenvalue weighted by molar-refractivity contribution is 6.03. The Balaban J connectivity index is 1.56. The summed E-state index contributed by atoms with van der Waals surface area (Å²) in [6.07, 6.45) is 0.822. The number of carbonyl (C=O) groups excluding carboxylic acids is 1. The van der Waals surface area contributed by atoms with Crippen molar-refractivity contribution in [1.82, 2.24) is 0 Å². The van der Waals surface area contributed by atoms with Crippen molar-refractivity contribution in [3.05, 3.63) is 42.5 Å². The van der Waals surface area contributed by atoms with Gasteiger partial charge in [0.1, 0.15) is 25.1 Å². The molecule has 0 bridgehead atoms. The highest BCUT2D eigenvalue weighted by Crippen LogP contribution is 2.35. The number of para-hydroxylation sites is 2.